The number of nitrogens with one attached hydrogen (secondary N) is 1. The number of rotatable bonds is 6. The standard InChI is InChI=1S/C19H27N3O4.ClH/c1-25-10-9-21-13-14(11-18(21)23)19(24)22-8-7-20-12-16(22)15-5-3-4-6-17(15)26-2;/h3-6,14,16,20H,7-13H2,1-2H3;1H. The molecule has 0 aliphatic carbocycles. The quantitative estimate of drug-likeness (QED) is 0.778. The van der Waals surface area contributed by atoms with Gasteiger partial charge in [0.1, 0.15) is 5.75 Å². The maximum atomic E-state index is 13.2. The number of methoxy groups -OCH3 is 2. The summed E-state index contributed by atoms with van der Waals surface area (Å²) in [7, 11) is 3.26. The van der Waals surface area contributed by atoms with Crippen LogP contribution in [0.4, 0.5) is 0 Å². The van der Waals surface area contributed by atoms with E-state index in [2.05, 4.69) is 5.32 Å². The number of ether oxygens (including phenoxy) is 2. The molecule has 150 valence electrons. The fourth-order valence-corrected chi connectivity index (χ4v) is 3.78. The van der Waals surface area contributed by atoms with Gasteiger partial charge in [-0.15, -0.1) is 12.4 Å². The fraction of sp³-hybridized carbons (Fsp3) is 0.579. The van der Waals surface area contributed by atoms with Gasteiger partial charge in [-0.1, -0.05) is 18.2 Å². The average molecular weight is 398 g/mol. The van der Waals surface area contributed by atoms with Crippen LogP contribution in [0.15, 0.2) is 24.3 Å². The molecule has 2 saturated heterocycles. The Morgan fingerprint density at radius 1 is 1.30 bits per heavy atom. The van der Waals surface area contributed by atoms with Gasteiger partial charge >= 0.3 is 0 Å². The lowest BCUT2D eigenvalue weighted by atomic mass is 9.99. The van der Waals surface area contributed by atoms with E-state index < -0.39 is 0 Å². The molecule has 7 nitrogen and oxygen atoms in total. The first-order valence-electron chi connectivity index (χ1n) is 9.06. The van der Waals surface area contributed by atoms with Crippen LogP contribution in [0.2, 0.25) is 0 Å². The van der Waals surface area contributed by atoms with Crippen LogP contribution >= 0.6 is 12.4 Å². The van der Waals surface area contributed by atoms with Crippen LogP contribution in [-0.2, 0) is 14.3 Å². The number of carbonyl (C=O) groups is 2. The smallest absolute Gasteiger partial charge is 0.228 e. The van der Waals surface area contributed by atoms with Crippen molar-refractivity contribution >= 4 is 24.2 Å². The number of amides is 2. The van der Waals surface area contributed by atoms with Crippen molar-refractivity contribution in [3.8, 4) is 5.75 Å². The normalized spacial score (nSPS) is 22.5. The van der Waals surface area contributed by atoms with Crippen molar-refractivity contribution in [3.05, 3.63) is 29.8 Å². The second-order valence-electron chi connectivity index (χ2n) is 6.73. The summed E-state index contributed by atoms with van der Waals surface area (Å²) in [5.41, 5.74) is 0.996. The lowest BCUT2D eigenvalue weighted by Gasteiger charge is -2.38. The number of likely N-dealkylation sites (tertiary alicyclic amines) is 1. The molecule has 3 rings (SSSR count). The number of hydrogen-bond acceptors (Lipinski definition) is 5. The third kappa shape index (κ3) is 4.72. The lowest BCUT2D eigenvalue weighted by Crippen LogP contribution is -2.50. The summed E-state index contributed by atoms with van der Waals surface area (Å²) in [5.74, 6) is 0.581. The van der Waals surface area contributed by atoms with Gasteiger partial charge in [-0.25, -0.2) is 0 Å². The fourth-order valence-electron chi connectivity index (χ4n) is 3.78. The summed E-state index contributed by atoms with van der Waals surface area (Å²) in [5, 5.41) is 3.36. The van der Waals surface area contributed by atoms with Crippen LogP contribution in [0.25, 0.3) is 0 Å². The first-order chi connectivity index (χ1) is 12.7. The van der Waals surface area contributed by atoms with Gasteiger partial charge in [-0.2, -0.15) is 0 Å². The Balaban J connectivity index is 0.00000261. The minimum absolute atomic E-state index is 0. The lowest BCUT2D eigenvalue weighted by molar-refractivity contribution is -0.139. The van der Waals surface area contributed by atoms with E-state index in [-0.39, 0.29) is 42.6 Å². The highest BCUT2D eigenvalue weighted by molar-refractivity contribution is 5.89. The molecule has 0 spiro atoms. The molecule has 0 saturated carbocycles. The number of nitrogens with zero attached hydrogens (tertiary/aromatic N) is 2. The Bertz CT molecular complexity index is 658. The Morgan fingerprint density at radius 2 is 2.07 bits per heavy atom. The molecule has 0 aromatic heterocycles. The molecular weight excluding hydrogens is 370 g/mol. The molecule has 8 heteroatoms. The van der Waals surface area contributed by atoms with Crippen LogP contribution in [0.3, 0.4) is 0 Å². The minimum Gasteiger partial charge on any atom is -0.496 e. The number of piperazine rings is 1. The van der Waals surface area contributed by atoms with Gasteiger partial charge < -0.3 is 24.6 Å². The third-order valence-corrected chi connectivity index (χ3v) is 5.15. The zero-order valence-electron chi connectivity index (χ0n) is 15.8. The zero-order valence-corrected chi connectivity index (χ0v) is 16.7. The molecule has 1 N–H and O–H groups in total. The summed E-state index contributed by atoms with van der Waals surface area (Å²) < 4.78 is 10.5. The summed E-state index contributed by atoms with van der Waals surface area (Å²) in [6.45, 7) is 3.57. The third-order valence-electron chi connectivity index (χ3n) is 5.15. The van der Waals surface area contributed by atoms with E-state index >= 15 is 0 Å². The molecular formula is C19H28ClN3O4. The highest BCUT2D eigenvalue weighted by Gasteiger charge is 2.39. The van der Waals surface area contributed by atoms with Crippen molar-refractivity contribution in [3.63, 3.8) is 0 Å². The van der Waals surface area contributed by atoms with Gasteiger partial charge in [-0.05, 0) is 6.07 Å². The Hall–Kier alpha value is -1.83. The molecule has 2 unspecified atom stereocenters. The van der Waals surface area contributed by atoms with Crippen LogP contribution in [0, 0.1) is 5.92 Å². The highest BCUT2D eigenvalue weighted by atomic mass is 35.5. The van der Waals surface area contributed by atoms with Gasteiger partial charge in [0, 0.05) is 51.8 Å². The molecule has 2 amide bonds. The van der Waals surface area contributed by atoms with E-state index in [1.165, 1.54) is 0 Å². The molecule has 1 aromatic carbocycles. The molecule has 1 aromatic rings. The SMILES string of the molecule is COCCN1CC(C(=O)N2CCNCC2c2ccccc2OC)CC1=O.Cl. The van der Waals surface area contributed by atoms with Crippen LogP contribution in [0.5, 0.6) is 5.75 Å². The van der Waals surface area contributed by atoms with E-state index in [1.807, 2.05) is 29.2 Å². The van der Waals surface area contributed by atoms with Crippen molar-refractivity contribution in [2.45, 2.75) is 12.5 Å². The van der Waals surface area contributed by atoms with Gasteiger partial charge in [0.05, 0.1) is 25.7 Å². The van der Waals surface area contributed by atoms with Crippen molar-refractivity contribution < 1.29 is 19.1 Å². The summed E-state index contributed by atoms with van der Waals surface area (Å²) in [4.78, 5) is 29.0. The van der Waals surface area contributed by atoms with E-state index in [0.717, 1.165) is 17.9 Å². The molecule has 0 bridgehead atoms. The second-order valence-corrected chi connectivity index (χ2v) is 6.73. The molecule has 27 heavy (non-hydrogen) atoms. The largest absolute Gasteiger partial charge is 0.496 e. The molecule has 2 fully saturated rings. The van der Waals surface area contributed by atoms with Gasteiger partial charge in [-0.3, -0.25) is 9.59 Å². The van der Waals surface area contributed by atoms with Crippen LogP contribution < -0.4 is 10.1 Å². The number of hydrogen-bond donors (Lipinski definition) is 1. The Kier molecular flexibility index (Phi) is 7.89. The number of para-hydroxylation sites is 1. The van der Waals surface area contributed by atoms with Crippen molar-refractivity contribution in [1.82, 2.24) is 15.1 Å². The van der Waals surface area contributed by atoms with E-state index in [9.17, 15) is 9.59 Å². The van der Waals surface area contributed by atoms with Crippen molar-refractivity contribution in [2.24, 2.45) is 5.92 Å². The Labute approximate surface area is 166 Å². The van der Waals surface area contributed by atoms with E-state index in [1.54, 1.807) is 19.1 Å². The van der Waals surface area contributed by atoms with Gasteiger partial charge in [0.2, 0.25) is 11.8 Å². The van der Waals surface area contributed by atoms with Crippen LogP contribution in [-0.4, -0.2) is 75.2 Å². The maximum absolute atomic E-state index is 13.2. The van der Waals surface area contributed by atoms with Crippen LogP contribution in [0.1, 0.15) is 18.0 Å². The van der Waals surface area contributed by atoms with E-state index in [0.29, 0.717) is 32.8 Å². The molecule has 2 aliphatic heterocycles. The first-order valence-corrected chi connectivity index (χ1v) is 9.06. The maximum Gasteiger partial charge on any atom is 0.228 e. The van der Waals surface area contributed by atoms with Gasteiger partial charge in [0.15, 0.2) is 0 Å². The first kappa shape index (κ1) is 21.5. The highest BCUT2D eigenvalue weighted by Crippen LogP contribution is 2.32. The van der Waals surface area contributed by atoms with E-state index in [4.69, 9.17) is 9.47 Å². The number of benzene rings is 1. The zero-order chi connectivity index (χ0) is 18.5. The summed E-state index contributed by atoms with van der Waals surface area (Å²) in [6.07, 6.45) is 0.283. The Morgan fingerprint density at radius 3 is 2.81 bits per heavy atom. The predicted octanol–water partition coefficient (Wildman–Crippen LogP) is 1.08. The summed E-state index contributed by atoms with van der Waals surface area (Å²) >= 11 is 0. The van der Waals surface area contributed by atoms with Gasteiger partial charge in [0.25, 0.3) is 0 Å². The second kappa shape index (κ2) is 9.92. The van der Waals surface area contributed by atoms with Crippen molar-refractivity contribution in [2.75, 3.05) is 53.6 Å². The molecule has 0 radical (unpaired) electrons. The molecule has 2 aliphatic rings. The number of carbonyl (C=O) groups excluding carboxylic acids is 2. The average Bonchev–Trinajstić information content (AvgIpc) is 3.06. The molecule has 2 atom stereocenters. The minimum atomic E-state index is -0.283. The molecule has 2 heterocycles. The van der Waals surface area contributed by atoms with Crippen molar-refractivity contribution in [1.29, 1.82) is 0 Å². The summed E-state index contributed by atoms with van der Waals surface area (Å²) in [6, 6.07) is 7.71. The monoisotopic (exact) mass is 397 g/mol. The topological polar surface area (TPSA) is 71.1 Å². The number of halogens is 1. The predicted molar refractivity (Wildman–Crippen MR) is 104 cm³/mol.